The van der Waals surface area contributed by atoms with Gasteiger partial charge in [-0.2, -0.15) is 5.26 Å². The van der Waals surface area contributed by atoms with Gasteiger partial charge >= 0.3 is 0 Å². The first-order valence-electron chi connectivity index (χ1n) is 3.79. The normalized spacial score (nSPS) is 9.77. The van der Waals surface area contributed by atoms with Gasteiger partial charge < -0.3 is 5.11 Å². The number of pyridine rings is 1. The Labute approximate surface area is 74.9 Å². The van der Waals surface area contributed by atoms with Gasteiger partial charge in [0, 0.05) is 11.6 Å². The molecule has 1 heterocycles. The summed E-state index contributed by atoms with van der Waals surface area (Å²) < 4.78 is 0. The number of benzene rings is 1. The second kappa shape index (κ2) is 2.76. The third-order valence-corrected chi connectivity index (χ3v) is 1.85. The molecule has 3 nitrogen and oxygen atoms in total. The topological polar surface area (TPSA) is 56.9 Å². The summed E-state index contributed by atoms with van der Waals surface area (Å²) in [5.74, 6) is 0.150. The highest BCUT2D eigenvalue weighted by molar-refractivity contribution is 5.85. The van der Waals surface area contributed by atoms with E-state index in [0.29, 0.717) is 10.9 Å². The lowest BCUT2D eigenvalue weighted by atomic mass is 10.1. The van der Waals surface area contributed by atoms with Crippen molar-refractivity contribution in [3.05, 3.63) is 36.0 Å². The van der Waals surface area contributed by atoms with Crippen LogP contribution in [-0.4, -0.2) is 10.1 Å². The smallest absolute Gasteiger partial charge is 0.116 e. The first kappa shape index (κ1) is 7.56. The van der Waals surface area contributed by atoms with Crippen LogP contribution < -0.4 is 0 Å². The molecule has 0 amide bonds. The van der Waals surface area contributed by atoms with Crippen LogP contribution in [0, 0.1) is 11.3 Å². The highest BCUT2D eigenvalue weighted by Crippen LogP contribution is 2.20. The Morgan fingerprint density at radius 1 is 1.31 bits per heavy atom. The van der Waals surface area contributed by atoms with Crippen LogP contribution in [0.25, 0.3) is 10.9 Å². The zero-order chi connectivity index (χ0) is 9.26. The molecule has 0 bridgehead atoms. The highest BCUT2D eigenvalue weighted by Gasteiger charge is 2.00. The van der Waals surface area contributed by atoms with E-state index in [0.717, 1.165) is 5.52 Å². The number of phenols is 1. The quantitative estimate of drug-likeness (QED) is 0.656. The van der Waals surface area contributed by atoms with Gasteiger partial charge in [0.25, 0.3) is 0 Å². The summed E-state index contributed by atoms with van der Waals surface area (Å²) in [7, 11) is 0. The van der Waals surface area contributed by atoms with E-state index in [-0.39, 0.29) is 5.75 Å². The number of aromatic hydroxyl groups is 1. The number of aromatic nitrogens is 1. The van der Waals surface area contributed by atoms with Gasteiger partial charge in [-0.05, 0) is 24.3 Å². The predicted molar refractivity (Wildman–Crippen MR) is 48.1 cm³/mol. The monoisotopic (exact) mass is 170 g/mol. The molecule has 0 saturated heterocycles. The fraction of sp³-hybridized carbons (Fsp3) is 0. The molecule has 62 valence electrons. The van der Waals surface area contributed by atoms with Crippen LogP contribution >= 0.6 is 0 Å². The molecule has 0 fully saturated rings. The van der Waals surface area contributed by atoms with Crippen LogP contribution in [0.3, 0.4) is 0 Å². The number of nitrogens with zero attached hydrogens (tertiary/aromatic N) is 2. The number of hydrogen-bond acceptors (Lipinski definition) is 3. The molecule has 0 aliphatic rings. The zero-order valence-electron chi connectivity index (χ0n) is 6.73. The molecule has 1 aromatic carbocycles. The van der Waals surface area contributed by atoms with Crippen LogP contribution in [0.2, 0.25) is 0 Å². The lowest BCUT2D eigenvalue weighted by Crippen LogP contribution is -1.82. The number of fused-ring (bicyclic) bond motifs is 1. The van der Waals surface area contributed by atoms with E-state index in [2.05, 4.69) is 4.98 Å². The van der Waals surface area contributed by atoms with Crippen molar-refractivity contribution in [1.82, 2.24) is 4.98 Å². The minimum Gasteiger partial charge on any atom is -0.508 e. The summed E-state index contributed by atoms with van der Waals surface area (Å²) in [5, 5.41) is 18.7. The van der Waals surface area contributed by atoms with Crippen molar-refractivity contribution >= 4 is 10.9 Å². The number of nitriles is 1. The second-order valence-electron chi connectivity index (χ2n) is 2.67. The second-order valence-corrected chi connectivity index (χ2v) is 2.67. The van der Waals surface area contributed by atoms with Crippen molar-refractivity contribution in [3.63, 3.8) is 0 Å². The summed E-state index contributed by atoms with van der Waals surface area (Å²) in [6.07, 6.45) is 1.58. The van der Waals surface area contributed by atoms with Gasteiger partial charge in [-0.3, -0.25) is 4.98 Å². The molecule has 1 N–H and O–H groups in total. The molecule has 0 atom stereocenters. The van der Waals surface area contributed by atoms with Gasteiger partial charge in [-0.15, -0.1) is 0 Å². The van der Waals surface area contributed by atoms with Crippen LogP contribution in [0.5, 0.6) is 5.75 Å². The van der Waals surface area contributed by atoms with Gasteiger partial charge in [0.1, 0.15) is 5.75 Å². The average Bonchev–Trinajstić information content (AvgIpc) is 2.17. The van der Waals surface area contributed by atoms with Crippen molar-refractivity contribution in [1.29, 1.82) is 5.26 Å². The maximum absolute atomic E-state index is 9.21. The Kier molecular flexibility index (Phi) is 1.60. The Morgan fingerprint density at radius 2 is 2.15 bits per heavy atom. The first-order valence-corrected chi connectivity index (χ1v) is 3.79. The lowest BCUT2D eigenvalue weighted by Gasteiger charge is -1.98. The van der Waals surface area contributed by atoms with Crippen molar-refractivity contribution in [2.24, 2.45) is 0 Å². The number of phenolic OH excluding ortho intramolecular Hbond substituents is 1. The van der Waals surface area contributed by atoms with Crippen molar-refractivity contribution in [2.45, 2.75) is 0 Å². The van der Waals surface area contributed by atoms with Crippen LogP contribution in [0.4, 0.5) is 0 Å². The van der Waals surface area contributed by atoms with Crippen LogP contribution in [-0.2, 0) is 0 Å². The molecule has 0 saturated carbocycles. The minimum atomic E-state index is 0.150. The standard InChI is InChI=1S/C10H6N2O/c11-6-7-3-4-12-10-2-1-8(13)5-9(7)10/h1-5,13H. The van der Waals surface area contributed by atoms with E-state index >= 15 is 0 Å². The summed E-state index contributed by atoms with van der Waals surface area (Å²) in [6.45, 7) is 0. The Morgan fingerprint density at radius 3 is 2.92 bits per heavy atom. The Balaban J connectivity index is 2.89. The molecule has 2 aromatic rings. The Hall–Kier alpha value is -2.08. The molecular formula is C10H6N2O. The van der Waals surface area contributed by atoms with Gasteiger partial charge in [-0.25, -0.2) is 0 Å². The molecule has 0 radical (unpaired) electrons. The summed E-state index contributed by atoms with van der Waals surface area (Å²) in [6, 6.07) is 8.45. The summed E-state index contributed by atoms with van der Waals surface area (Å²) in [4.78, 5) is 4.07. The molecule has 13 heavy (non-hydrogen) atoms. The van der Waals surface area contributed by atoms with Gasteiger partial charge in [0.2, 0.25) is 0 Å². The van der Waals surface area contributed by atoms with E-state index in [1.54, 1.807) is 30.5 Å². The molecule has 2 rings (SSSR count). The fourth-order valence-corrected chi connectivity index (χ4v) is 1.23. The van der Waals surface area contributed by atoms with E-state index in [1.807, 2.05) is 6.07 Å². The zero-order valence-corrected chi connectivity index (χ0v) is 6.73. The minimum absolute atomic E-state index is 0.150. The largest absolute Gasteiger partial charge is 0.508 e. The summed E-state index contributed by atoms with van der Waals surface area (Å²) in [5.41, 5.74) is 1.25. The van der Waals surface area contributed by atoms with Gasteiger partial charge in [-0.1, -0.05) is 0 Å². The van der Waals surface area contributed by atoms with E-state index in [4.69, 9.17) is 5.26 Å². The van der Waals surface area contributed by atoms with E-state index in [9.17, 15) is 5.11 Å². The molecule has 0 unspecified atom stereocenters. The van der Waals surface area contributed by atoms with E-state index in [1.165, 1.54) is 0 Å². The molecule has 0 aliphatic heterocycles. The number of rotatable bonds is 0. The van der Waals surface area contributed by atoms with Crippen LogP contribution in [0.1, 0.15) is 5.56 Å². The fourth-order valence-electron chi connectivity index (χ4n) is 1.23. The average molecular weight is 170 g/mol. The highest BCUT2D eigenvalue weighted by atomic mass is 16.3. The third-order valence-electron chi connectivity index (χ3n) is 1.85. The third kappa shape index (κ3) is 1.18. The molecular weight excluding hydrogens is 164 g/mol. The van der Waals surface area contributed by atoms with Crippen molar-refractivity contribution in [2.75, 3.05) is 0 Å². The van der Waals surface area contributed by atoms with E-state index < -0.39 is 0 Å². The SMILES string of the molecule is N#Cc1ccnc2ccc(O)cc12. The summed E-state index contributed by atoms with van der Waals surface area (Å²) >= 11 is 0. The maximum atomic E-state index is 9.21. The lowest BCUT2D eigenvalue weighted by molar-refractivity contribution is 0.476. The van der Waals surface area contributed by atoms with Gasteiger partial charge in [0.15, 0.2) is 0 Å². The molecule has 3 heteroatoms. The van der Waals surface area contributed by atoms with Crippen LogP contribution in [0.15, 0.2) is 30.5 Å². The Bertz CT molecular complexity index is 500. The first-order chi connectivity index (χ1) is 6.31. The van der Waals surface area contributed by atoms with Crippen molar-refractivity contribution < 1.29 is 5.11 Å². The predicted octanol–water partition coefficient (Wildman–Crippen LogP) is 1.81. The van der Waals surface area contributed by atoms with Gasteiger partial charge in [0.05, 0.1) is 17.1 Å². The van der Waals surface area contributed by atoms with Crippen molar-refractivity contribution in [3.8, 4) is 11.8 Å². The maximum Gasteiger partial charge on any atom is 0.116 e. The molecule has 0 spiro atoms. The number of hydrogen-bond donors (Lipinski definition) is 1. The molecule has 0 aliphatic carbocycles. The molecule has 1 aromatic heterocycles.